The number of rotatable bonds is 4. The lowest BCUT2D eigenvalue weighted by Gasteiger charge is -2.16. The fraction of sp³-hybridized carbons (Fsp3) is 0.600. The molecule has 0 aromatic carbocycles. The quantitative estimate of drug-likeness (QED) is 0.627. The van der Waals surface area contributed by atoms with Crippen molar-refractivity contribution in [2.24, 2.45) is 0 Å². The summed E-state index contributed by atoms with van der Waals surface area (Å²) < 4.78 is 42.9. The van der Waals surface area contributed by atoms with Crippen LogP contribution in [0.1, 0.15) is 41.7 Å². The van der Waals surface area contributed by atoms with E-state index in [4.69, 9.17) is 8.22 Å². The van der Waals surface area contributed by atoms with Crippen LogP contribution in [0.3, 0.4) is 0 Å². The molecule has 0 aromatic heterocycles. The van der Waals surface area contributed by atoms with Crippen molar-refractivity contribution in [3.05, 3.63) is 24.3 Å². The summed E-state index contributed by atoms with van der Waals surface area (Å²) in [6.45, 7) is -0.307. The Morgan fingerprint density at radius 2 is 2.36 bits per heavy atom. The zero-order valence-electron chi connectivity index (χ0n) is 12.7. The molecule has 0 bridgehead atoms. The first-order valence-electron chi connectivity index (χ1n) is 6.47. The third kappa shape index (κ3) is 5.86. The van der Waals surface area contributed by atoms with Gasteiger partial charge in [-0.15, -0.1) is 6.58 Å². The minimum Gasteiger partial charge on any atom is -0.386 e. The minimum absolute atomic E-state index is 0.172. The summed E-state index contributed by atoms with van der Waals surface area (Å²) in [5, 5.41) is 9.61. The maximum absolute atomic E-state index is 9.61. The monoisotopic (exact) mass is 160 g/mol. The molecule has 1 unspecified atom stereocenters. The highest BCUT2D eigenvalue weighted by molar-refractivity contribution is 4.97. The molecule has 1 atom stereocenters. The normalized spacial score (nSPS) is 25.6. The third-order valence-electron chi connectivity index (χ3n) is 1.44. The molecule has 0 aromatic rings. The first-order valence-corrected chi connectivity index (χ1v) is 3.47. The lowest BCUT2D eigenvalue weighted by molar-refractivity contribution is 0.103. The van der Waals surface area contributed by atoms with Crippen molar-refractivity contribution in [3.63, 3.8) is 0 Å². The lowest BCUT2D eigenvalue weighted by atomic mass is 10.00. The molecule has 0 aliphatic carbocycles. The van der Waals surface area contributed by atoms with Crippen molar-refractivity contribution in [2.45, 2.75) is 39.1 Å². The third-order valence-corrected chi connectivity index (χ3v) is 1.44. The Kier molecular flexibility index (Phi) is 1.54. The Bertz CT molecular complexity index is 281. The molecule has 0 spiro atoms. The molecule has 64 valence electrons. The molecule has 0 saturated heterocycles. The minimum atomic E-state index is -2.63. The standard InChI is InChI=1S/C10H18O/c1-5-10(4,11)8-6-7-9(2)3/h5,7,11H,1,6,8H2,2-4H3/i2D3,3D3. The maximum Gasteiger partial charge on any atom is 0.0800 e. The van der Waals surface area contributed by atoms with Gasteiger partial charge in [-0.25, -0.2) is 0 Å². The van der Waals surface area contributed by atoms with Gasteiger partial charge >= 0.3 is 0 Å². The first-order chi connectivity index (χ1) is 7.40. The van der Waals surface area contributed by atoms with Gasteiger partial charge in [-0.2, -0.15) is 0 Å². The first kappa shape index (κ1) is 3.90. The van der Waals surface area contributed by atoms with E-state index >= 15 is 0 Å². The van der Waals surface area contributed by atoms with E-state index in [1.807, 2.05) is 0 Å². The summed E-state index contributed by atoms with van der Waals surface area (Å²) in [6.07, 6.45) is 2.90. The van der Waals surface area contributed by atoms with E-state index in [-0.39, 0.29) is 12.8 Å². The highest BCUT2D eigenvalue weighted by Crippen LogP contribution is 2.13. The smallest absolute Gasteiger partial charge is 0.0800 e. The van der Waals surface area contributed by atoms with Crippen LogP contribution in [-0.2, 0) is 0 Å². The second kappa shape index (κ2) is 4.35. The lowest BCUT2D eigenvalue weighted by Crippen LogP contribution is -2.19. The average molecular weight is 160 g/mol. The van der Waals surface area contributed by atoms with Crippen molar-refractivity contribution in [1.29, 1.82) is 0 Å². The van der Waals surface area contributed by atoms with Gasteiger partial charge in [-0.3, -0.25) is 0 Å². The summed E-state index contributed by atoms with van der Waals surface area (Å²) in [5.41, 5.74) is -1.67. The highest BCUT2D eigenvalue weighted by atomic mass is 16.3. The molecule has 1 heteroatoms. The van der Waals surface area contributed by atoms with Gasteiger partial charge in [-0.05, 0) is 33.5 Å². The molecular formula is C10H18O. The van der Waals surface area contributed by atoms with Crippen molar-refractivity contribution < 1.29 is 13.3 Å². The van der Waals surface area contributed by atoms with E-state index in [9.17, 15) is 5.11 Å². The van der Waals surface area contributed by atoms with E-state index in [1.54, 1.807) is 0 Å². The van der Waals surface area contributed by atoms with Crippen LogP contribution in [0.15, 0.2) is 24.3 Å². The summed E-state index contributed by atoms with van der Waals surface area (Å²) in [4.78, 5) is 0. The van der Waals surface area contributed by atoms with Crippen LogP contribution in [0.25, 0.3) is 0 Å². The Morgan fingerprint density at radius 3 is 2.82 bits per heavy atom. The molecular weight excluding hydrogens is 136 g/mol. The molecule has 0 aliphatic heterocycles. The molecule has 0 radical (unpaired) electrons. The molecule has 0 amide bonds. The van der Waals surface area contributed by atoms with Crippen LogP contribution in [0, 0.1) is 0 Å². The van der Waals surface area contributed by atoms with Gasteiger partial charge in [0.1, 0.15) is 0 Å². The number of allylic oxidation sites excluding steroid dienone is 2. The summed E-state index contributed by atoms with van der Waals surface area (Å²) in [7, 11) is 0. The van der Waals surface area contributed by atoms with E-state index in [0.717, 1.165) is 6.08 Å². The topological polar surface area (TPSA) is 20.2 Å². The van der Waals surface area contributed by atoms with E-state index in [0.29, 0.717) is 0 Å². The molecule has 1 nitrogen and oxygen atoms in total. The van der Waals surface area contributed by atoms with Crippen LogP contribution in [0.5, 0.6) is 0 Å². The Balaban J connectivity index is 4.82. The van der Waals surface area contributed by atoms with Gasteiger partial charge < -0.3 is 5.11 Å². The second-order valence-electron chi connectivity index (χ2n) is 2.72. The van der Waals surface area contributed by atoms with Gasteiger partial charge in [-0.1, -0.05) is 17.7 Å². The van der Waals surface area contributed by atoms with Crippen molar-refractivity contribution in [1.82, 2.24) is 0 Å². The van der Waals surface area contributed by atoms with Crippen LogP contribution in [0.2, 0.25) is 0 Å². The number of aliphatic hydroxyl groups is 1. The summed E-state index contributed by atoms with van der Waals surface area (Å²) >= 11 is 0. The fourth-order valence-electron chi connectivity index (χ4n) is 0.611. The molecule has 0 aliphatic rings. The van der Waals surface area contributed by atoms with Gasteiger partial charge in [0.05, 0.1) is 5.60 Å². The Labute approximate surface area is 77.9 Å². The van der Waals surface area contributed by atoms with Crippen LogP contribution in [0.4, 0.5) is 0 Å². The largest absolute Gasteiger partial charge is 0.386 e. The second-order valence-corrected chi connectivity index (χ2v) is 2.72. The Morgan fingerprint density at radius 1 is 1.73 bits per heavy atom. The molecule has 0 heterocycles. The SMILES string of the molecule is [2H]C([2H])([2H])C(=CCCC(C)(O)C=C)C([2H])([2H])[2H]. The highest BCUT2D eigenvalue weighted by Gasteiger charge is 2.12. The summed E-state index contributed by atoms with van der Waals surface area (Å²) in [5.74, 6) is 0. The van der Waals surface area contributed by atoms with Crippen molar-refractivity contribution in [3.8, 4) is 0 Å². The average Bonchev–Trinajstić information content (AvgIpc) is 2.08. The zero-order chi connectivity index (χ0) is 13.9. The number of hydrogen-bond donors (Lipinski definition) is 1. The number of hydrogen-bond acceptors (Lipinski definition) is 1. The van der Waals surface area contributed by atoms with Crippen LogP contribution in [-0.4, -0.2) is 10.7 Å². The summed E-state index contributed by atoms with van der Waals surface area (Å²) in [6, 6.07) is 0. The predicted octanol–water partition coefficient (Wildman–Crippen LogP) is 2.67. The van der Waals surface area contributed by atoms with E-state index in [1.165, 1.54) is 13.0 Å². The van der Waals surface area contributed by atoms with E-state index in [2.05, 4.69) is 6.58 Å². The van der Waals surface area contributed by atoms with E-state index < -0.39 is 24.9 Å². The van der Waals surface area contributed by atoms with Gasteiger partial charge in [0.2, 0.25) is 0 Å². The fourth-order valence-corrected chi connectivity index (χ4v) is 0.611. The van der Waals surface area contributed by atoms with Gasteiger partial charge in [0.25, 0.3) is 0 Å². The van der Waals surface area contributed by atoms with Crippen molar-refractivity contribution >= 4 is 0 Å². The van der Waals surface area contributed by atoms with Crippen molar-refractivity contribution in [2.75, 3.05) is 0 Å². The molecule has 1 N–H and O–H groups in total. The molecule has 11 heavy (non-hydrogen) atoms. The van der Waals surface area contributed by atoms with Crippen LogP contribution < -0.4 is 0 Å². The van der Waals surface area contributed by atoms with Gasteiger partial charge in [0.15, 0.2) is 0 Å². The molecule has 0 fully saturated rings. The molecule has 0 saturated carbocycles. The van der Waals surface area contributed by atoms with Gasteiger partial charge in [0, 0.05) is 8.22 Å². The van der Waals surface area contributed by atoms with Crippen LogP contribution >= 0.6 is 0 Å². The Hall–Kier alpha value is -0.560. The predicted molar refractivity (Wildman–Crippen MR) is 49.5 cm³/mol. The maximum atomic E-state index is 9.61. The molecule has 0 rings (SSSR count). The zero-order valence-corrected chi connectivity index (χ0v) is 6.72.